The Hall–Kier alpha value is -2.09. The number of esters is 1. The van der Waals surface area contributed by atoms with Crippen molar-refractivity contribution in [3.63, 3.8) is 0 Å². The molecule has 0 radical (unpaired) electrons. The van der Waals surface area contributed by atoms with Gasteiger partial charge in [-0.1, -0.05) is 0 Å². The highest BCUT2D eigenvalue weighted by molar-refractivity contribution is 5.87. The lowest BCUT2D eigenvalue weighted by molar-refractivity contribution is -0.609. The lowest BCUT2D eigenvalue weighted by atomic mass is 10.1. The second-order valence-electron chi connectivity index (χ2n) is 2.69. The number of pyridine rings is 1. The van der Waals surface area contributed by atoms with E-state index in [0.717, 1.165) is 6.20 Å². The zero-order valence-electron chi connectivity index (χ0n) is 7.77. The van der Waals surface area contributed by atoms with Gasteiger partial charge in [-0.2, -0.15) is 9.99 Å². The fourth-order valence-corrected chi connectivity index (χ4v) is 1.11. The van der Waals surface area contributed by atoms with Gasteiger partial charge in [0, 0.05) is 5.56 Å². The minimum Gasteiger partial charge on any atom is -0.618 e. The molecule has 0 aliphatic heterocycles. The molecular weight excluding hydrogens is 184 g/mol. The predicted octanol–water partition coefficient (Wildman–Crippen LogP) is 0.287. The van der Waals surface area contributed by atoms with Crippen LogP contribution in [0.5, 0.6) is 0 Å². The molecule has 0 aliphatic carbocycles. The molecule has 0 unspecified atom stereocenters. The highest BCUT2D eigenvalue weighted by Crippen LogP contribution is 2.06. The third kappa shape index (κ3) is 1.64. The molecule has 0 amide bonds. The van der Waals surface area contributed by atoms with Crippen LogP contribution in [0.15, 0.2) is 12.3 Å². The van der Waals surface area contributed by atoms with Gasteiger partial charge in [0.2, 0.25) is 0 Å². The first-order valence-corrected chi connectivity index (χ1v) is 3.82. The van der Waals surface area contributed by atoms with Gasteiger partial charge in [0.1, 0.15) is 11.6 Å². The molecule has 72 valence electrons. The summed E-state index contributed by atoms with van der Waals surface area (Å²) in [6.45, 7) is 1.57. The van der Waals surface area contributed by atoms with Gasteiger partial charge in [-0.15, -0.1) is 0 Å². The Bertz CT molecular complexity index is 398. The first kappa shape index (κ1) is 9.99. The van der Waals surface area contributed by atoms with E-state index in [9.17, 15) is 10.0 Å². The fraction of sp³-hybridized carbons (Fsp3) is 0.222. The SMILES string of the molecule is COC(=O)c1c(C)cc(C#N)c[n+]1[O-]. The summed E-state index contributed by atoms with van der Waals surface area (Å²) < 4.78 is 4.78. The molecule has 5 nitrogen and oxygen atoms in total. The average Bonchev–Trinajstić information content (AvgIpc) is 2.16. The average molecular weight is 192 g/mol. The van der Waals surface area contributed by atoms with Crippen LogP contribution < -0.4 is 4.73 Å². The van der Waals surface area contributed by atoms with Crippen LogP contribution in [-0.2, 0) is 4.74 Å². The number of hydrogen-bond acceptors (Lipinski definition) is 4. The molecule has 0 bridgehead atoms. The van der Waals surface area contributed by atoms with Gasteiger partial charge in [0.15, 0.2) is 6.20 Å². The van der Waals surface area contributed by atoms with Gasteiger partial charge in [0.05, 0.1) is 7.11 Å². The number of rotatable bonds is 1. The minimum absolute atomic E-state index is 0.0912. The Morgan fingerprint density at radius 1 is 1.71 bits per heavy atom. The second kappa shape index (κ2) is 3.75. The number of methoxy groups -OCH3 is 1. The number of nitrogens with zero attached hydrogens (tertiary/aromatic N) is 2. The second-order valence-corrected chi connectivity index (χ2v) is 2.69. The third-order valence-corrected chi connectivity index (χ3v) is 1.73. The summed E-state index contributed by atoms with van der Waals surface area (Å²) in [5.74, 6) is -0.706. The molecule has 0 N–H and O–H groups in total. The van der Waals surface area contributed by atoms with E-state index in [1.54, 1.807) is 6.92 Å². The topological polar surface area (TPSA) is 77.0 Å². The van der Waals surface area contributed by atoms with Crippen LogP contribution in [0.3, 0.4) is 0 Å². The molecule has 14 heavy (non-hydrogen) atoms. The number of nitriles is 1. The standard InChI is InChI=1S/C9H8N2O3/c1-6-3-7(4-10)5-11(13)8(6)9(12)14-2/h3,5H,1-2H3. The zero-order chi connectivity index (χ0) is 10.7. The molecule has 0 saturated carbocycles. The predicted molar refractivity (Wildman–Crippen MR) is 46.2 cm³/mol. The Balaban J connectivity index is 3.34. The van der Waals surface area contributed by atoms with E-state index < -0.39 is 5.97 Å². The molecule has 0 atom stereocenters. The molecule has 1 aromatic heterocycles. The quantitative estimate of drug-likeness (QED) is 0.364. The van der Waals surface area contributed by atoms with Crippen molar-refractivity contribution in [3.8, 4) is 6.07 Å². The molecule has 5 heteroatoms. The van der Waals surface area contributed by atoms with Gasteiger partial charge in [0.25, 0.3) is 0 Å². The fourth-order valence-electron chi connectivity index (χ4n) is 1.11. The highest BCUT2D eigenvalue weighted by Gasteiger charge is 2.20. The summed E-state index contributed by atoms with van der Waals surface area (Å²) in [5.41, 5.74) is 0.544. The molecule has 0 fully saturated rings. The molecule has 0 aromatic carbocycles. The summed E-state index contributed by atoms with van der Waals surface area (Å²) in [6.07, 6.45) is 1.04. The summed E-state index contributed by atoms with van der Waals surface area (Å²) in [6, 6.07) is 3.28. The van der Waals surface area contributed by atoms with Crippen molar-refractivity contribution < 1.29 is 14.3 Å². The van der Waals surface area contributed by atoms with E-state index >= 15 is 0 Å². The van der Waals surface area contributed by atoms with E-state index in [1.165, 1.54) is 13.2 Å². The Labute approximate surface area is 80.7 Å². The number of carbonyl (C=O) groups excluding carboxylic acids is 1. The van der Waals surface area contributed by atoms with Crippen LogP contribution in [0.25, 0.3) is 0 Å². The summed E-state index contributed by atoms with van der Waals surface area (Å²) in [7, 11) is 1.19. The maximum absolute atomic E-state index is 11.3. The van der Waals surface area contributed by atoms with Crippen molar-refractivity contribution in [2.24, 2.45) is 0 Å². The number of aryl methyl sites for hydroxylation is 1. The van der Waals surface area contributed by atoms with Gasteiger partial charge in [-0.05, 0) is 13.0 Å². The van der Waals surface area contributed by atoms with E-state index in [2.05, 4.69) is 4.74 Å². The molecule has 0 saturated heterocycles. The number of aromatic nitrogens is 1. The van der Waals surface area contributed by atoms with Crippen molar-refractivity contribution in [2.75, 3.05) is 7.11 Å². The van der Waals surface area contributed by atoms with Gasteiger partial charge in [-0.25, -0.2) is 4.79 Å². The van der Waals surface area contributed by atoms with Crippen LogP contribution >= 0.6 is 0 Å². The summed E-state index contributed by atoms with van der Waals surface area (Å²) >= 11 is 0. The van der Waals surface area contributed by atoms with Crippen LogP contribution in [0.4, 0.5) is 0 Å². The third-order valence-electron chi connectivity index (χ3n) is 1.73. The van der Waals surface area contributed by atoms with E-state index in [1.807, 2.05) is 6.07 Å². The molecular formula is C9H8N2O3. The van der Waals surface area contributed by atoms with Crippen molar-refractivity contribution in [2.45, 2.75) is 6.92 Å². The molecule has 0 spiro atoms. The van der Waals surface area contributed by atoms with E-state index in [-0.39, 0.29) is 11.3 Å². The lowest BCUT2D eigenvalue weighted by Crippen LogP contribution is -2.36. The van der Waals surface area contributed by atoms with Crippen LogP contribution in [0.1, 0.15) is 21.6 Å². The maximum atomic E-state index is 11.3. The van der Waals surface area contributed by atoms with Crippen molar-refractivity contribution in [1.29, 1.82) is 5.26 Å². The first-order valence-electron chi connectivity index (χ1n) is 3.82. The van der Waals surface area contributed by atoms with Gasteiger partial charge < -0.3 is 9.94 Å². The van der Waals surface area contributed by atoms with Crippen LogP contribution in [0, 0.1) is 23.5 Å². The molecule has 1 rings (SSSR count). The van der Waals surface area contributed by atoms with Crippen molar-refractivity contribution in [3.05, 3.63) is 34.3 Å². The summed E-state index contributed by atoms with van der Waals surface area (Å²) in [5, 5.41) is 19.8. The van der Waals surface area contributed by atoms with Crippen LogP contribution in [0.2, 0.25) is 0 Å². The monoisotopic (exact) mass is 192 g/mol. The van der Waals surface area contributed by atoms with Crippen LogP contribution in [-0.4, -0.2) is 13.1 Å². The van der Waals surface area contributed by atoms with E-state index in [0.29, 0.717) is 10.3 Å². The number of ether oxygens (including phenoxy) is 1. The Morgan fingerprint density at radius 2 is 2.36 bits per heavy atom. The minimum atomic E-state index is -0.706. The largest absolute Gasteiger partial charge is 0.618 e. The van der Waals surface area contributed by atoms with Crippen molar-refractivity contribution in [1.82, 2.24) is 0 Å². The molecule has 0 aliphatic rings. The molecule has 1 aromatic rings. The normalized spacial score (nSPS) is 9.21. The van der Waals surface area contributed by atoms with Crippen molar-refractivity contribution >= 4 is 5.97 Å². The van der Waals surface area contributed by atoms with Gasteiger partial charge in [-0.3, -0.25) is 0 Å². The molecule has 1 heterocycles. The number of carbonyl (C=O) groups is 1. The Kier molecular flexibility index (Phi) is 2.67. The number of hydrogen-bond donors (Lipinski definition) is 0. The smallest absolute Gasteiger partial charge is 0.405 e. The van der Waals surface area contributed by atoms with Gasteiger partial charge >= 0.3 is 11.7 Å². The Morgan fingerprint density at radius 3 is 2.79 bits per heavy atom. The lowest BCUT2D eigenvalue weighted by Gasteiger charge is -2.05. The zero-order valence-corrected chi connectivity index (χ0v) is 7.77. The summed E-state index contributed by atoms with van der Waals surface area (Å²) in [4.78, 5) is 11.1. The highest BCUT2D eigenvalue weighted by atomic mass is 16.5. The first-order chi connectivity index (χ1) is 6.60. The van der Waals surface area contributed by atoms with E-state index in [4.69, 9.17) is 5.26 Å². The maximum Gasteiger partial charge on any atom is 0.405 e.